The summed E-state index contributed by atoms with van der Waals surface area (Å²) in [6, 6.07) is 4.22. The van der Waals surface area contributed by atoms with Gasteiger partial charge in [-0.15, -0.1) is 0 Å². The molecule has 94 valence electrons. The molecule has 0 spiro atoms. The predicted octanol–water partition coefficient (Wildman–Crippen LogP) is 1.62. The Balaban J connectivity index is 2.24. The van der Waals surface area contributed by atoms with E-state index in [1.807, 2.05) is 23.6 Å². The van der Waals surface area contributed by atoms with Gasteiger partial charge in [-0.25, -0.2) is 9.78 Å². The number of pyridine rings is 1. The zero-order chi connectivity index (χ0) is 12.7. The van der Waals surface area contributed by atoms with Crippen molar-refractivity contribution in [3.05, 3.63) is 28.8 Å². The maximum Gasteiger partial charge on any atom is 0.330 e. The van der Waals surface area contributed by atoms with E-state index in [9.17, 15) is 4.79 Å². The summed E-state index contributed by atoms with van der Waals surface area (Å²) in [4.78, 5) is 20.9. The minimum Gasteiger partial charge on any atom is -0.296 e. The third kappa shape index (κ3) is 1.66. The Morgan fingerprint density at radius 2 is 2.33 bits per heavy atom. The van der Waals surface area contributed by atoms with Crippen molar-refractivity contribution in [3.63, 3.8) is 0 Å². The smallest absolute Gasteiger partial charge is 0.296 e. The van der Waals surface area contributed by atoms with Crippen molar-refractivity contribution in [1.29, 1.82) is 0 Å². The van der Waals surface area contributed by atoms with E-state index >= 15 is 0 Å². The summed E-state index contributed by atoms with van der Waals surface area (Å²) in [5.74, 6) is 0. The molecule has 1 fully saturated rings. The van der Waals surface area contributed by atoms with Crippen molar-refractivity contribution in [3.8, 4) is 0 Å². The molecule has 0 N–H and O–H groups in total. The first-order valence-corrected chi connectivity index (χ1v) is 6.20. The number of hydrogen-bond donors (Lipinski definition) is 0. The van der Waals surface area contributed by atoms with Gasteiger partial charge >= 0.3 is 5.69 Å². The third-order valence-electron chi connectivity index (χ3n) is 3.40. The second kappa shape index (κ2) is 4.08. The van der Waals surface area contributed by atoms with Gasteiger partial charge in [0.2, 0.25) is 0 Å². The lowest BCUT2D eigenvalue weighted by atomic mass is 10.4. The Bertz CT molecular complexity index is 676. The third-order valence-corrected chi connectivity index (χ3v) is 3.40. The molecule has 0 amide bonds. The lowest BCUT2D eigenvalue weighted by molar-refractivity contribution is 0.683. The first-order valence-electron chi connectivity index (χ1n) is 6.20. The SMILES string of the molecule is CN=C(C)Cn1c(=O)n(C2CC2)c2cccnc21. The second-order valence-corrected chi connectivity index (χ2v) is 4.77. The molecule has 5 nitrogen and oxygen atoms in total. The van der Waals surface area contributed by atoms with Crippen LogP contribution in [0.25, 0.3) is 11.2 Å². The summed E-state index contributed by atoms with van der Waals surface area (Å²) in [7, 11) is 1.74. The van der Waals surface area contributed by atoms with Crippen LogP contribution in [0.4, 0.5) is 0 Å². The van der Waals surface area contributed by atoms with Crippen LogP contribution in [0.2, 0.25) is 0 Å². The molecule has 0 saturated heterocycles. The van der Waals surface area contributed by atoms with Gasteiger partial charge in [-0.2, -0.15) is 0 Å². The monoisotopic (exact) mass is 244 g/mol. The van der Waals surface area contributed by atoms with Gasteiger partial charge in [-0.1, -0.05) is 0 Å². The zero-order valence-electron chi connectivity index (χ0n) is 10.6. The molecule has 2 aromatic rings. The lowest BCUT2D eigenvalue weighted by Gasteiger charge is -2.00. The molecular weight excluding hydrogens is 228 g/mol. The topological polar surface area (TPSA) is 52.2 Å². The summed E-state index contributed by atoms with van der Waals surface area (Å²) in [6.07, 6.45) is 3.91. The summed E-state index contributed by atoms with van der Waals surface area (Å²) in [5, 5.41) is 0. The Kier molecular flexibility index (Phi) is 2.54. The summed E-state index contributed by atoms with van der Waals surface area (Å²) < 4.78 is 3.60. The van der Waals surface area contributed by atoms with Crippen LogP contribution in [0.5, 0.6) is 0 Å². The highest BCUT2D eigenvalue weighted by atomic mass is 16.1. The summed E-state index contributed by atoms with van der Waals surface area (Å²) >= 11 is 0. The van der Waals surface area contributed by atoms with Crippen LogP contribution in [0.15, 0.2) is 28.1 Å². The number of hydrogen-bond acceptors (Lipinski definition) is 3. The molecular formula is C13H16N4O. The van der Waals surface area contributed by atoms with Crippen LogP contribution in [-0.4, -0.2) is 26.9 Å². The Morgan fingerprint density at radius 1 is 1.56 bits per heavy atom. The van der Waals surface area contributed by atoms with E-state index in [0.29, 0.717) is 12.6 Å². The van der Waals surface area contributed by atoms with Crippen LogP contribution >= 0.6 is 0 Å². The highest BCUT2D eigenvalue weighted by molar-refractivity contribution is 5.83. The van der Waals surface area contributed by atoms with Gasteiger partial charge in [0.1, 0.15) is 0 Å². The Hall–Kier alpha value is -1.91. The van der Waals surface area contributed by atoms with Crippen molar-refractivity contribution in [1.82, 2.24) is 14.1 Å². The van der Waals surface area contributed by atoms with Crippen LogP contribution in [0.1, 0.15) is 25.8 Å². The molecule has 0 unspecified atom stereocenters. The molecule has 1 aliphatic carbocycles. The highest BCUT2D eigenvalue weighted by Gasteiger charge is 2.29. The van der Waals surface area contributed by atoms with Gasteiger partial charge in [-0.05, 0) is 31.9 Å². The number of nitrogens with zero attached hydrogens (tertiary/aromatic N) is 4. The molecule has 0 radical (unpaired) electrons. The molecule has 5 heteroatoms. The van der Waals surface area contributed by atoms with Crippen LogP contribution in [0.3, 0.4) is 0 Å². The van der Waals surface area contributed by atoms with Gasteiger partial charge in [-0.3, -0.25) is 14.1 Å². The first-order chi connectivity index (χ1) is 8.72. The number of rotatable bonds is 3. The fraction of sp³-hybridized carbons (Fsp3) is 0.462. The molecule has 1 saturated carbocycles. The fourth-order valence-electron chi connectivity index (χ4n) is 2.24. The standard InChI is InChI=1S/C13H16N4O/c1-9(14-2)8-16-12-11(4-3-7-15-12)17(13(16)18)10-5-6-10/h3-4,7,10H,5-6,8H2,1-2H3. The van der Waals surface area contributed by atoms with Crippen molar-refractivity contribution < 1.29 is 0 Å². The van der Waals surface area contributed by atoms with E-state index in [1.54, 1.807) is 17.8 Å². The maximum absolute atomic E-state index is 12.5. The molecule has 0 atom stereocenters. The minimum atomic E-state index is 0.0363. The molecule has 0 aromatic carbocycles. The maximum atomic E-state index is 12.5. The van der Waals surface area contributed by atoms with E-state index in [0.717, 1.165) is 29.7 Å². The fourth-order valence-corrected chi connectivity index (χ4v) is 2.24. The summed E-state index contributed by atoms with van der Waals surface area (Å²) in [5.41, 5.74) is 2.66. The van der Waals surface area contributed by atoms with Crippen molar-refractivity contribution in [2.45, 2.75) is 32.4 Å². The molecule has 2 aromatic heterocycles. The van der Waals surface area contributed by atoms with E-state index in [1.165, 1.54) is 0 Å². The molecule has 0 bridgehead atoms. The van der Waals surface area contributed by atoms with E-state index in [2.05, 4.69) is 9.98 Å². The normalized spacial score (nSPS) is 16.4. The van der Waals surface area contributed by atoms with E-state index in [4.69, 9.17) is 0 Å². The van der Waals surface area contributed by atoms with E-state index in [-0.39, 0.29) is 5.69 Å². The van der Waals surface area contributed by atoms with Gasteiger partial charge in [0.25, 0.3) is 0 Å². The molecule has 3 rings (SSSR count). The van der Waals surface area contributed by atoms with Crippen molar-refractivity contribution in [2.24, 2.45) is 4.99 Å². The average Bonchev–Trinajstić information content (AvgIpc) is 3.17. The Labute approximate surface area is 105 Å². The first kappa shape index (κ1) is 11.2. The number of imidazole rings is 1. The van der Waals surface area contributed by atoms with Gasteiger partial charge in [0.05, 0.1) is 12.1 Å². The van der Waals surface area contributed by atoms with Crippen LogP contribution in [0, 0.1) is 0 Å². The van der Waals surface area contributed by atoms with Crippen LogP contribution < -0.4 is 5.69 Å². The molecule has 1 aliphatic rings. The van der Waals surface area contributed by atoms with Gasteiger partial charge in [0, 0.05) is 25.0 Å². The average molecular weight is 244 g/mol. The predicted molar refractivity (Wildman–Crippen MR) is 71.3 cm³/mol. The quantitative estimate of drug-likeness (QED) is 0.770. The second-order valence-electron chi connectivity index (χ2n) is 4.77. The molecule has 0 aliphatic heterocycles. The Morgan fingerprint density at radius 3 is 3.00 bits per heavy atom. The van der Waals surface area contributed by atoms with Crippen molar-refractivity contribution >= 4 is 16.9 Å². The van der Waals surface area contributed by atoms with Crippen molar-refractivity contribution in [2.75, 3.05) is 7.05 Å². The molecule has 18 heavy (non-hydrogen) atoms. The summed E-state index contributed by atoms with van der Waals surface area (Å²) in [6.45, 7) is 2.44. The van der Waals surface area contributed by atoms with E-state index < -0.39 is 0 Å². The molecule has 2 heterocycles. The van der Waals surface area contributed by atoms with Gasteiger partial charge in [0.15, 0.2) is 5.65 Å². The highest BCUT2D eigenvalue weighted by Crippen LogP contribution is 2.35. The number of aliphatic imine (C=N–C) groups is 1. The zero-order valence-corrected chi connectivity index (χ0v) is 10.6. The lowest BCUT2D eigenvalue weighted by Crippen LogP contribution is -2.26. The largest absolute Gasteiger partial charge is 0.330 e. The van der Waals surface area contributed by atoms with Gasteiger partial charge < -0.3 is 0 Å². The number of fused-ring (bicyclic) bond motifs is 1. The minimum absolute atomic E-state index is 0.0363. The number of aromatic nitrogens is 3. The van der Waals surface area contributed by atoms with Crippen LogP contribution in [-0.2, 0) is 6.54 Å².